The zero-order chi connectivity index (χ0) is 5.54. The Morgan fingerprint density at radius 1 is 1.12 bits per heavy atom. The fourth-order valence-electron chi connectivity index (χ4n) is 0.235. The first-order chi connectivity index (χ1) is 3.41. The number of hydrogen-bond acceptors (Lipinski definition) is 1. The Kier molecular flexibility index (Phi) is 14.3. The summed E-state index contributed by atoms with van der Waals surface area (Å²) in [5.74, 6) is 0. The Morgan fingerprint density at radius 3 is 1.75 bits per heavy atom. The molecule has 0 spiro atoms. The van der Waals surface area contributed by atoms with Crippen LogP contribution in [0.5, 0.6) is 0 Å². The molecule has 0 N–H and O–H groups in total. The third kappa shape index (κ3) is 9.54. The molecule has 0 saturated carbocycles. The molecule has 0 aromatic carbocycles. The topological polar surface area (TPSA) is 9.23 Å². The molecule has 0 unspecified atom stereocenters. The SMILES string of the molecule is C=CCOCC=C.[Sb]. The fourth-order valence-corrected chi connectivity index (χ4v) is 0.235. The van der Waals surface area contributed by atoms with Gasteiger partial charge in [-0.25, -0.2) is 0 Å². The Hall–Kier alpha value is 0.258. The quantitative estimate of drug-likeness (QED) is 0.390. The summed E-state index contributed by atoms with van der Waals surface area (Å²) in [4.78, 5) is 0. The Bertz CT molecular complexity index is 53.5. The maximum absolute atomic E-state index is 4.90. The summed E-state index contributed by atoms with van der Waals surface area (Å²) in [6.45, 7) is 8.18. The monoisotopic (exact) mass is 219 g/mol. The zero-order valence-corrected chi connectivity index (χ0v) is 7.39. The summed E-state index contributed by atoms with van der Waals surface area (Å²) in [6.07, 6.45) is 3.42. The van der Waals surface area contributed by atoms with Gasteiger partial charge in [-0.05, 0) is 0 Å². The van der Waals surface area contributed by atoms with Gasteiger partial charge in [0, 0.05) is 24.4 Å². The van der Waals surface area contributed by atoms with E-state index >= 15 is 0 Å². The molecule has 0 aliphatic carbocycles. The molecule has 0 aliphatic rings. The molecule has 0 bridgehead atoms. The van der Waals surface area contributed by atoms with Crippen molar-refractivity contribution in [2.45, 2.75) is 0 Å². The van der Waals surface area contributed by atoms with E-state index in [0.29, 0.717) is 13.2 Å². The zero-order valence-electron chi connectivity index (χ0n) is 4.84. The van der Waals surface area contributed by atoms with Gasteiger partial charge in [-0.1, -0.05) is 12.2 Å². The molecule has 0 aliphatic heterocycles. The largest absolute Gasteiger partial charge is 0.373 e. The summed E-state index contributed by atoms with van der Waals surface area (Å²) in [6, 6.07) is 0. The predicted octanol–water partition coefficient (Wildman–Crippen LogP) is 0.994. The molecule has 2 heteroatoms. The Balaban J connectivity index is 0. The van der Waals surface area contributed by atoms with E-state index < -0.39 is 0 Å². The van der Waals surface area contributed by atoms with E-state index in [1.54, 1.807) is 12.2 Å². The molecule has 3 radical (unpaired) electrons. The summed E-state index contributed by atoms with van der Waals surface area (Å²) < 4.78 is 4.90. The molecular weight excluding hydrogens is 210 g/mol. The number of hydrogen-bond donors (Lipinski definition) is 0. The predicted molar refractivity (Wildman–Crippen MR) is 37.0 cm³/mol. The van der Waals surface area contributed by atoms with Crippen LogP contribution in [0.15, 0.2) is 25.3 Å². The second kappa shape index (κ2) is 10.3. The molecule has 1 nitrogen and oxygen atoms in total. The van der Waals surface area contributed by atoms with Gasteiger partial charge >= 0.3 is 0 Å². The van der Waals surface area contributed by atoms with Crippen molar-refractivity contribution in [2.75, 3.05) is 13.2 Å². The van der Waals surface area contributed by atoms with Crippen molar-refractivity contribution in [2.24, 2.45) is 0 Å². The summed E-state index contributed by atoms with van der Waals surface area (Å²) in [5, 5.41) is 0. The average Bonchev–Trinajstić information content (AvgIpc) is 1.69. The second-order valence-corrected chi connectivity index (χ2v) is 1.11. The van der Waals surface area contributed by atoms with E-state index in [1.807, 2.05) is 0 Å². The number of ether oxygens (including phenoxy) is 1. The minimum Gasteiger partial charge on any atom is -0.373 e. The van der Waals surface area contributed by atoms with Crippen molar-refractivity contribution in [3.63, 3.8) is 0 Å². The smallest absolute Gasteiger partial charge is 0.0649 e. The maximum atomic E-state index is 4.90. The molecule has 0 heterocycles. The normalized spacial score (nSPS) is 7.00. The minimum absolute atomic E-state index is 0. The molecular formula is C6H10OSb. The van der Waals surface area contributed by atoms with E-state index in [4.69, 9.17) is 4.74 Å². The van der Waals surface area contributed by atoms with Crippen LogP contribution in [0.25, 0.3) is 0 Å². The molecule has 0 aromatic heterocycles. The van der Waals surface area contributed by atoms with E-state index in [-0.39, 0.29) is 24.4 Å². The van der Waals surface area contributed by atoms with Gasteiger partial charge in [-0.15, -0.1) is 13.2 Å². The molecule has 0 amide bonds. The van der Waals surface area contributed by atoms with Crippen molar-refractivity contribution >= 4 is 24.4 Å². The van der Waals surface area contributed by atoms with Gasteiger partial charge in [-0.3, -0.25) is 0 Å². The summed E-state index contributed by atoms with van der Waals surface area (Å²) in [7, 11) is 0. The first-order valence-corrected chi connectivity index (χ1v) is 2.21. The van der Waals surface area contributed by atoms with E-state index in [1.165, 1.54) is 0 Å². The van der Waals surface area contributed by atoms with Gasteiger partial charge in [-0.2, -0.15) is 0 Å². The van der Waals surface area contributed by atoms with Crippen LogP contribution in [0.1, 0.15) is 0 Å². The van der Waals surface area contributed by atoms with Crippen LogP contribution in [-0.4, -0.2) is 37.6 Å². The second-order valence-electron chi connectivity index (χ2n) is 1.11. The summed E-state index contributed by atoms with van der Waals surface area (Å²) >= 11 is 0. The van der Waals surface area contributed by atoms with Crippen LogP contribution in [0.3, 0.4) is 0 Å². The average molecular weight is 220 g/mol. The van der Waals surface area contributed by atoms with E-state index in [0.717, 1.165) is 0 Å². The summed E-state index contributed by atoms with van der Waals surface area (Å²) in [5.41, 5.74) is 0. The van der Waals surface area contributed by atoms with Crippen molar-refractivity contribution in [3.8, 4) is 0 Å². The van der Waals surface area contributed by atoms with Gasteiger partial charge in [0.1, 0.15) is 0 Å². The van der Waals surface area contributed by atoms with Gasteiger partial charge in [0.05, 0.1) is 13.2 Å². The molecule has 0 aromatic rings. The standard InChI is InChI=1S/C6H10O.Sb/c1-3-5-7-6-4-2;/h3-4H,1-2,5-6H2;. The van der Waals surface area contributed by atoms with E-state index in [2.05, 4.69) is 13.2 Å². The molecule has 45 valence electrons. The van der Waals surface area contributed by atoms with Crippen LogP contribution >= 0.6 is 0 Å². The first kappa shape index (κ1) is 11.1. The first-order valence-electron chi connectivity index (χ1n) is 2.21. The van der Waals surface area contributed by atoms with Crippen LogP contribution in [0, 0.1) is 0 Å². The van der Waals surface area contributed by atoms with Crippen LogP contribution in [0.2, 0.25) is 0 Å². The van der Waals surface area contributed by atoms with Crippen LogP contribution in [0.4, 0.5) is 0 Å². The van der Waals surface area contributed by atoms with Crippen molar-refractivity contribution in [3.05, 3.63) is 25.3 Å². The molecule has 8 heavy (non-hydrogen) atoms. The van der Waals surface area contributed by atoms with Crippen molar-refractivity contribution in [1.29, 1.82) is 0 Å². The third-order valence-electron chi connectivity index (χ3n) is 0.471. The van der Waals surface area contributed by atoms with Gasteiger partial charge < -0.3 is 4.74 Å². The van der Waals surface area contributed by atoms with Crippen LogP contribution in [-0.2, 0) is 4.74 Å². The van der Waals surface area contributed by atoms with Gasteiger partial charge in [0.2, 0.25) is 0 Å². The van der Waals surface area contributed by atoms with Crippen molar-refractivity contribution < 1.29 is 4.74 Å². The third-order valence-corrected chi connectivity index (χ3v) is 0.471. The fraction of sp³-hybridized carbons (Fsp3) is 0.333. The van der Waals surface area contributed by atoms with Crippen molar-refractivity contribution in [1.82, 2.24) is 0 Å². The molecule has 0 fully saturated rings. The van der Waals surface area contributed by atoms with Crippen LogP contribution < -0.4 is 0 Å². The number of rotatable bonds is 4. The molecule has 0 atom stereocenters. The van der Waals surface area contributed by atoms with Gasteiger partial charge in [0.15, 0.2) is 0 Å². The van der Waals surface area contributed by atoms with E-state index in [9.17, 15) is 0 Å². The Morgan fingerprint density at radius 2 is 1.50 bits per heavy atom. The molecule has 0 saturated heterocycles. The minimum atomic E-state index is 0. The van der Waals surface area contributed by atoms with Gasteiger partial charge in [0.25, 0.3) is 0 Å². The molecule has 0 rings (SSSR count). The Labute approximate surface area is 67.9 Å². The maximum Gasteiger partial charge on any atom is 0.0649 e.